The molecule has 0 atom stereocenters. The number of rotatable bonds is 3. The van der Waals surface area contributed by atoms with E-state index in [2.05, 4.69) is 6.92 Å². The van der Waals surface area contributed by atoms with E-state index in [4.69, 9.17) is 5.14 Å². The molecule has 3 rings (SSSR count). The molecule has 7 heteroatoms. The van der Waals surface area contributed by atoms with Gasteiger partial charge in [-0.15, -0.1) is 0 Å². The van der Waals surface area contributed by atoms with Crippen LogP contribution in [0.15, 0.2) is 17.2 Å². The van der Waals surface area contributed by atoms with E-state index in [0.29, 0.717) is 11.6 Å². The molecular formula is C14H21N3O3S. The number of sulfonamides is 1. The number of likely N-dealkylation sites (tertiary alicyclic amines) is 1. The van der Waals surface area contributed by atoms with E-state index < -0.39 is 10.0 Å². The van der Waals surface area contributed by atoms with E-state index in [9.17, 15) is 13.2 Å². The van der Waals surface area contributed by atoms with E-state index in [-0.39, 0.29) is 16.8 Å². The lowest BCUT2D eigenvalue weighted by Crippen LogP contribution is -2.38. The number of nitrogens with two attached hydrogens (primary N) is 1. The van der Waals surface area contributed by atoms with Gasteiger partial charge in [0, 0.05) is 25.3 Å². The second-order valence-electron chi connectivity index (χ2n) is 6.22. The molecule has 1 aliphatic carbocycles. The average Bonchev–Trinajstić information content (AvgIpc) is 3.16. The van der Waals surface area contributed by atoms with E-state index in [0.717, 1.165) is 38.8 Å². The fraction of sp³-hybridized carbons (Fsp3) is 0.643. The van der Waals surface area contributed by atoms with Crippen LogP contribution in [-0.2, 0) is 10.0 Å². The lowest BCUT2D eigenvalue weighted by Gasteiger charge is -2.30. The van der Waals surface area contributed by atoms with Crippen LogP contribution in [0.25, 0.3) is 0 Å². The molecule has 116 valence electrons. The number of primary sulfonamides is 1. The predicted molar refractivity (Wildman–Crippen MR) is 78.4 cm³/mol. The summed E-state index contributed by atoms with van der Waals surface area (Å²) in [5, 5.41) is 5.19. The third kappa shape index (κ3) is 2.98. The molecular weight excluding hydrogens is 290 g/mol. The van der Waals surface area contributed by atoms with Gasteiger partial charge in [-0.05, 0) is 37.7 Å². The lowest BCUT2D eigenvalue weighted by molar-refractivity contribution is 0.0686. The number of amides is 1. The first kappa shape index (κ1) is 14.6. The van der Waals surface area contributed by atoms with Gasteiger partial charge in [0.25, 0.3) is 5.91 Å². The molecule has 2 aliphatic rings. The first-order valence-electron chi connectivity index (χ1n) is 7.40. The average molecular weight is 311 g/mol. The summed E-state index contributed by atoms with van der Waals surface area (Å²) in [4.78, 5) is 14.5. The molecule has 1 saturated heterocycles. The van der Waals surface area contributed by atoms with Crippen LogP contribution in [0.3, 0.4) is 0 Å². The highest BCUT2D eigenvalue weighted by molar-refractivity contribution is 7.89. The first-order valence-corrected chi connectivity index (χ1v) is 8.95. The molecule has 0 bridgehead atoms. The Labute approximate surface area is 125 Å². The van der Waals surface area contributed by atoms with Gasteiger partial charge < -0.3 is 9.47 Å². The molecule has 6 nitrogen and oxygen atoms in total. The monoisotopic (exact) mass is 311 g/mol. The van der Waals surface area contributed by atoms with Crippen molar-refractivity contribution >= 4 is 15.9 Å². The van der Waals surface area contributed by atoms with Crippen molar-refractivity contribution in [1.82, 2.24) is 9.47 Å². The topological polar surface area (TPSA) is 85.4 Å². The molecule has 21 heavy (non-hydrogen) atoms. The fourth-order valence-electron chi connectivity index (χ4n) is 2.81. The van der Waals surface area contributed by atoms with E-state index in [1.54, 1.807) is 4.57 Å². The number of carbonyl (C=O) groups excluding carboxylic acids is 1. The molecule has 1 saturated carbocycles. The summed E-state index contributed by atoms with van der Waals surface area (Å²) in [5.41, 5.74) is 0.455. The van der Waals surface area contributed by atoms with Crippen molar-refractivity contribution in [1.29, 1.82) is 0 Å². The minimum atomic E-state index is -3.77. The summed E-state index contributed by atoms with van der Waals surface area (Å²) in [7, 11) is -3.77. The summed E-state index contributed by atoms with van der Waals surface area (Å²) >= 11 is 0. The Morgan fingerprint density at radius 2 is 1.86 bits per heavy atom. The van der Waals surface area contributed by atoms with Gasteiger partial charge in [-0.2, -0.15) is 0 Å². The van der Waals surface area contributed by atoms with Crippen LogP contribution in [0.2, 0.25) is 0 Å². The standard InChI is InChI=1S/C14H21N3O3S/c1-10-4-6-16(7-5-10)14(18)13-8-12(21(15,19)20)9-17(13)11-2-3-11/h8-11H,2-7H2,1H3,(H2,15,19,20). The van der Waals surface area contributed by atoms with Gasteiger partial charge >= 0.3 is 0 Å². The summed E-state index contributed by atoms with van der Waals surface area (Å²) in [6.45, 7) is 3.66. The third-order valence-corrected chi connectivity index (χ3v) is 5.26. The molecule has 0 unspecified atom stereocenters. The summed E-state index contributed by atoms with van der Waals surface area (Å²) < 4.78 is 24.8. The predicted octanol–water partition coefficient (Wildman–Crippen LogP) is 1.34. The van der Waals surface area contributed by atoms with Crippen molar-refractivity contribution < 1.29 is 13.2 Å². The molecule has 0 radical (unpaired) electrons. The van der Waals surface area contributed by atoms with Crippen LogP contribution in [-0.4, -0.2) is 36.9 Å². The maximum absolute atomic E-state index is 12.7. The number of carbonyl (C=O) groups is 1. The van der Waals surface area contributed by atoms with Gasteiger partial charge in [-0.25, -0.2) is 13.6 Å². The van der Waals surface area contributed by atoms with Crippen LogP contribution in [0, 0.1) is 5.92 Å². The quantitative estimate of drug-likeness (QED) is 0.914. The van der Waals surface area contributed by atoms with Crippen molar-refractivity contribution in [2.75, 3.05) is 13.1 Å². The molecule has 0 aromatic carbocycles. The zero-order valence-corrected chi connectivity index (χ0v) is 13.0. The molecule has 2 heterocycles. The van der Waals surface area contributed by atoms with Crippen molar-refractivity contribution in [2.45, 2.75) is 43.5 Å². The summed E-state index contributed by atoms with van der Waals surface area (Å²) in [6.07, 6.45) is 5.47. The Bertz CT molecular complexity index is 653. The van der Waals surface area contributed by atoms with Crippen LogP contribution in [0.4, 0.5) is 0 Å². The van der Waals surface area contributed by atoms with Crippen LogP contribution >= 0.6 is 0 Å². The SMILES string of the molecule is CC1CCN(C(=O)c2cc(S(N)(=O)=O)cn2C2CC2)CC1. The first-order chi connectivity index (χ1) is 9.86. The Morgan fingerprint density at radius 3 is 2.38 bits per heavy atom. The normalized spacial score (nSPS) is 20.8. The molecule has 1 aliphatic heterocycles. The number of hydrogen-bond acceptors (Lipinski definition) is 3. The lowest BCUT2D eigenvalue weighted by atomic mass is 9.99. The van der Waals surface area contributed by atoms with Gasteiger partial charge in [0.1, 0.15) is 10.6 Å². The third-order valence-electron chi connectivity index (χ3n) is 4.38. The van der Waals surface area contributed by atoms with Crippen LogP contribution in [0.1, 0.15) is 49.1 Å². The zero-order chi connectivity index (χ0) is 15.2. The molecule has 1 amide bonds. The van der Waals surface area contributed by atoms with Crippen molar-refractivity contribution in [3.05, 3.63) is 18.0 Å². The number of aromatic nitrogens is 1. The molecule has 2 N–H and O–H groups in total. The highest BCUT2D eigenvalue weighted by atomic mass is 32.2. The summed E-state index contributed by atoms with van der Waals surface area (Å²) in [5.74, 6) is 0.563. The smallest absolute Gasteiger partial charge is 0.270 e. The zero-order valence-electron chi connectivity index (χ0n) is 12.2. The maximum Gasteiger partial charge on any atom is 0.270 e. The maximum atomic E-state index is 12.7. The molecule has 1 aromatic rings. The fourth-order valence-corrected chi connectivity index (χ4v) is 3.35. The van der Waals surface area contributed by atoms with Gasteiger partial charge in [-0.1, -0.05) is 6.92 Å². The summed E-state index contributed by atoms with van der Waals surface area (Å²) in [6, 6.07) is 1.66. The highest BCUT2D eigenvalue weighted by Gasteiger charge is 2.32. The van der Waals surface area contributed by atoms with Crippen molar-refractivity contribution in [3.63, 3.8) is 0 Å². The minimum absolute atomic E-state index is 0.0307. The second kappa shape index (κ2) is 5.14. The highest BCUT2D eigenvalue weighted by Crippen LogP contribution is 2.37. The Balaban J connectivity index is 1.90. The Hall–Kier alpha value is -1.34. The minimum Gasteiger partial charge on any atom is -0.339 e. The van der Waals surface area contributed by atoms with Gasteiger partial charge in [0.15, 0.2) is 0 Å². The Morgan fingerprint density at radius 1 is 1.24 bits per heavy atom. The largest absolute Gasteiger partial charge is 0.339 e. The van der Waals surface area contributed by atoms with Gasteiger partial charge in [0.05, 0.1) is 0 Å². The van der Waals surface area contributed by atoms with Crippen LogP contribution in [0.5, 0.6) is 0 Å². The molecule has 1 aromatic heterocycles. The van der Waals surface area contributed by atoms with E-state index in [1.807, 2.05) is 4.90 Å². The van der Waals surface area contributed by atoms with E-state index in [1.165, 1.54) is 12.3 Å². The number of piperidine rings is 1. The van der Waals surface area contributed by atoms with Gasteiger partial charge in [0.2, 0.25) is 10.0 Å². The molecule has 2 fully saturated rings. The van der Waals surface area contributed by atoms with Crippen LogP contribution < -0.4 is 5.14 Å². The Kier molecular flexibility index (Phi) is 3.57. The van der Waals surface area contributed by atoms with Crippen molar-refractivity contribution in [3.8, 4) is 0 Å². The van der Waals surface area contributed by atoms with E-state index >= 15 is 0 Å². The van der Waals surface area contributed by atoms with Crippen molar-refractivity contribution in [2.24, 2.45) is 11.1 Å². The number of hydrogen-bond donors (Lipinski definition) is 1. The second-order valence-corrected chi connectivity index (χ2v) is 7.78. The molecule has 0 spiro atoms. The van der Waals surface area contributed by atoms with Gasteiger partial charge in [-0.3, -0.25) is 4.79 Å². The number of nitrogens with zero attached hydrogens (tertiary/aromatic N) is 2.